The number of amides is 2. The fourth-order valence-corrected chi connectivity index (χ4v) is 3.92. The maximum Gasteiger partial charge on any atom is 0.275 e. The molecule has 0 fully saturated rings. The highest BCUT2D eigenvalue weighted by Gasteiger charge is 2.15. The van der Waals surface area contributed by atoms with Gasteiger partial charge in [-0.15, -0.1) is 11.3 Å². The van der Waals surface area contributed by atoms with Gasteiger partial charge < -0.3 is 15.4 Å². The van der Waals surface area contributed by atoms with Crippen LogP contribution in [0, 0.1) is 12.7 Å². The van der Waals surface area contributed by atoms with E-state index in [1.54, 1.807) is 23.6 Å². The first-order chi connectivity index (χ1) is 15.9. The molecular weight excluding hydrogens is 441 g/mol. The number of hydrogen-bond acceptors (Lipinski definition) is 5. The highest BCUT2D eigenvalue weighted by molar-refractivity contribution is 7.13. The Morgan fingerprint density at radius 1 is 0.970 bits per heavy atom. The summed E-state index contributed by atoms with van der Waals surface area (Å²) in [6, 6.07) is 18.1. The van der Waals surface area contributed by atoms with E-state index in [0.717, 1.165) is 22.2 Å². The molecule has 0 aliphatic carbocycles. The Balaban J connectivity index is 1.51. The molecule has 0 unspecified atom stereocenters. The minimum absolute atomic E-state index is 0.164. The second kappa shape index (κ2) is 9.62. The van der Waals surface area contributed by atoms with E-state index >= 15 is 0 Å². The van der Waals surface area contributed by atoms with Crippen molar-refractivity contribution in [3.63, 3.8) is 0 Å². The Morgan fingerprint density at radius 3 is 2.48 bits per heavy atom. The molecule has 1 heterocycles. The first kappa shape index (κ1) is 22.2. The maximum absolute atomic E-state index is 13.5. The molecule has 0 bridgehead atoms. The van der Waals surface area contributed by atoms with Crippen molar-refractivity contribution >= 4 is 34.5 Å². The van der Waals surface area contributed by atoms with Crippen LogP contribution in [0.4, 0.5) is 15.8 Å². The zero-order chi connectivity index (χ0) is 23.4. The Hall–Kier alpha value is -4.04. The summed E-state index contributed by atoms with van der Waals surface area (Å²) in [5.41, 5.74) is 3.32. The molecule has 2 amide bonds. The summed E-state index contributed by atoms with van der Waals surface area (Å²) < 4.78 is 18.7. The third kappa shape index (κ3) is 5.24. The zero-order valence-corrected chi connectivity index (χ0v) is 18.7. The van der Waals surface area contributed by atoms with E-state index in [2.05, 4.69) is 15.6 Å². The van der Waals surface area contributed by atoms with Crippen LogP contribution in [0.25, 0.3) is 10.6 Å². The number of aromatic nitrogens is 1. The molecule has 0 saturated heterocycles. The summed E-state index contributed by atoms with van der Waals surface area (Å²) in [6.07, 6.45) is 0. The topological polar surface area (TPSA) is 80.3 Å². The molecule has 1 aromatic heterocycles. The highest BCUT2D eigenvalue weighted by Crippen LogP contribution is 2.29. The van der Waals surface area contributed by atoms with Crippen molar-refractivity contribution in [1.29, 1.82) is 0 Å². The van der Waals surface area contributed by atoms with Gasteiger partial charge in [-0.25, -0.2) is 9.37 Å². The van der Waals surface area contributed by atoms with Crippen molar-refractivity contribution in [3.05, 3.63) is 94.7 Å². The van der Waals surface area contributed by atoms with Gasteiger partial charge in [0.15, 0.2) is 0 Å². The van der Waals surface area contributed by atoms with Crippen LogP contribution in [-0.2, 0) is 0 Å². The first-order valence-electron chi connectivity index (χ1n) is 10.0. The normalized spacial score (nSPS) is 10.5. The van der Waals surface area contributed by atoms with Crippen molar-refractivity contribution in [3.8, 4) is 16.3 Å². The zero-order valence-electron chi connectivity index (χ0n) is 17.9. The summed E-state index contributed by atoms with van der Waals surface area (Å²) in [4.78, 5) is 29.7. The monoisotopic (exact) mass is 461 g/mol. The second-order valence-corrected chi connectivity index (χ2v) is 8.10. The van der Waals surface area contributed by atoms with Crippen molar-refractivity contribution < 1.29 is 18.7 Å². The van der Waals surface area contributed by atoms with Crippen LogP contribution in [0.15, 0.2) is 72.1 Å². The smallest absolute Gasteiger partial charge is 0.275 e. The number of nitrogens with zero attached hydrogens (tertiary/aromatic N) is 1. The predicted octanol–water partition coefficient (Wildman–Crippen LogP) is 5.77. The lowest BCUT2D eigenvalue weighted by atomic mass is 10.2. The predicted molar refractivity (Wildman–Crippen MR) is 128 cm³/mol. The first-order valence-corrected chi connectivity index (χ1v) is 10.9. The molecule has 0 radical (unpaired) electrons. The Bertz CT molecular complexity index is 1320. The van der Waals surface area contributed by atoms with Crippen molar-refractivity contribution in [1.82, 2.24) is 4.98 Å². The lowest BCUT2D eigenvalue weighted by Gasteiger charge is -2.12. The third-order valence-electron chi connectivity index (χ3n) is 4.83. The Kier molecular flexibility index (Phi) is 6.46. The minimum Gasteiger partial charge on any atom is -0.495 e. The number of ether oxygens (including phenoxy) is 1. The van der Waals surface area contributed by atoms with Crippen molar-refractivity contribution in [2.45, 2.75) is 6.92 Å². The van der Waals surface area contributed by atoms with Gasteiger partial charge in [0.05, 0.1) is 12.8 Å². The fourth-order valence-electron chi connectivity index (χ4n) is 3.11. The fraction of sp³-hybridized carbons (Fsp3) is 0.0800. The average molecular weight is 462 g/mol. The molecule has 8 heteroatoms. The lowest BCUT2D eigenvalue weighted by molar-refractivity contribution is 0.101. The molecule has 4 aromatic rings. The summed E-state index contributed by atoms with van der Waals surface area (Å²) in [5, 5.41) is 7.92. The molecule has 3 aromatic carbocycles. The highest BCUT2D eigenvalue weighted by atomic mass is 32.1. The van der Waals surface area contributed by atoms with Crippen LogP contribution in [0.3, 0.4) is 0 Å². The van der Waals surface area contributed by atoms with Gasteiger partial charge in [-0.2, -0.15) is 0 Å². The van der Waals surface area contributed by atoms with Gasteiger partial charge in [-0.1, -0.05) is 35.9 Å². The molecule has 6 nitrogen and oxygen atoms in total. The Labute approximate surface area is 194 Å². The number of benzene rings is 3. The summed E-state index contributed by atoms with van der Waals surface area (Å²) in [6.45, 7) is 2.01. The molecule has 0 atom stereocenters. The van der Waals surface area contributed by atoms with E-state index in [1.807, 2.05) is 31.2 Å². The van der Waals surface area contributed by atoms with E-state index in [0.29, 0.717) is 17.1 Å². The molecule has 2 N–H and O–H groups in total. The van der Waals surface area contributed by atoms with E-state index < -0.39 is 11.7 Å². The average Bonchev–Trinajstić information content (AvgIpc) is 3.30. The molecule has 0 saturated carbocycles. The number of rotatable bonds is 6. The van der Waals surface area contributed by atoms with Crippen LogP contribution >= 0.6 is 11.3 Å². The number of hydrogen-bond donors (Lipinski definition) is 2. The van der Waals surface area contributed by atoms with E-state index in [4.69, 9.17) is 4.74 Å². The SMILES string of the molecule is COc1ccc(NC(=O)c2csc(-c3ccc(C)cc3)n2)cc1NC(=O)c1cccc(F)c1. The van der Waals surface area contributed by atoms with Crippen LogP contribution < -0.4 is 15.4 Å². The number of halogens is 1. The van der Waals surface area contributed by atoms with Gasteiger partial charge in [-0.3, -0.25) is 9.59 Å². The number of anilines is 2. The van der Waals surface area contributed by atoms with E-state index in [-0.39, 0.29) is 17.2 Å². The molecule has 0 spiro atoms. The quantitative estimate of drug-likeness (QED) is 0.382. The largest absolute Gasteiger partial charge is 0.495 e. The summed E-state index contributed by atoms with van der Waals surface area (Å²) in [5.74, 6) is -0.993. The minimum atomic E-state index is -0.510. The number of carbonyl (C=O) groups is 2. The molecule has 166 valence electrons. The molecule has 0 aliphatic heterocycles. The number of nitrogens with one attached hydrogen (secondary N) is 2. The van der Waals surface area contributed by atoms with E-state index in [1.165, 1.54) is 36.6 Å². The maximum atomic E-state index is 13.5. The molecule has 33 heavy (non-hydrogen) atoms. The van der Waals surface area contributed by atoms with Crippen molar-refractivity contribution in [2.75, 3.05) is 17.7 Å². The summed E-state index contributed by atoms with van der Waals surface area (Å²) >= 11 is 1.38. The van der Waals surface area contributed by atoms with Gasteiger partial charge >= 0.3 is 0 Å². The van der Waals surface area contributed by atoms with Crippen LogP contribution in [0.2, 0.25) is 0 Å². The third-order valence-corrected chi connectivity index (χ3v) is 5.72. The van der Waals surface area contributed by atoms with Crippen LogP contribution in [-0.4, -0.2) is 23.9 Å². The number of aryl methyl sites for hydroxylation is 1. The van der Waals surface area contributed by atoms with Gasteiger partial charge in [0.2, 0.25) is 0 Å². The van der Waals surface area contributed by atoms with Crippen molar-refractivity contribution in [2.24, 2.45) is 0 Å². The molecule has 0 aliphatic rings. The number of methoxy groups -OCH3 is 1. The lowest BCUT2D eigenvalue weighted by Crippen LogP contribution is -2.15. The molecular formula is C25H20FN3O3S. The summed E-state index contributed by atoms with van der Waals surface area (Å²) in [7, 11) is 1.47. The standard InChI is InChI=1S/C25H20FN3O3S/c1-15-6-8-16(9-7-15)25-29-21(14-33-25)24(31)27-19-10-11-22(32-2)20(13-19)28-23(30)17-4-3-5-18(26)12-17/h3-14H,1-2H3,(H,27,31)(H,28,30). The second-order valence-electron chi connectivity index (χ2n) is 7.24. The van der Waals surface area contributed by atoms with Crippen LogP contribution in [0.1, 0.15) is 26.4 Å². The van der Waals surface area contributed by atoms with Gasteiger partial charge in [-0.05, 0) is 43.3 Å². The van der Waals surface area contributed by atoms with Gasteiger partial charge in [0.1, 0.15) is 22.3 Å². The van der Waals surface area contributed by atoms with Gasteiger partial charge in [0, 0.05) is 22.2 Å². The van der Waals surface area contributed by atoms with Gasteiger partial charge in [0.25, 0.3) is 11.8 Å². The number of carbonyl (C=O) groups excluding carboxylic acids is 2. The Morgan fingerprint density at radius 2 is 1.76 bits per heavy atom. The number of thiazole rings is 1. The van der Waals surface area contributed by atoms with Crippen LogP contribution in [0.5, 0.6) is 5.75 Å². The van der Waals surface area contributed by atoms with E-state index in [9.17, 15) is 14.0 Å². The molecule has 4 rings (SSSR count).